The molecule has 0 fully saturated rings. The van der Waals surface area contributed by atoms with Gasteiger partial charge < -0.3 is 11.1 Å². The fourth-order valence-corrected chi connectivity index (χ4v) is 2.13. The van der Waals surface area contributed by atoms with Crippen molar-refractivity contribution in [1.82, 2.24) is 0 Å². The summed E-state index contributed by atoms with van der Waals surface area (Å²) in [6.07, 6.45) is 0. The maximum Gasteiger partial charge on any atom is 0.258 e. The number of nitrogens with zero attached hydrogens (tertiary/aromatic N) is 1. The quantitative estimate of drug-likeness (QED) is 0.815. The van der Waals surface area contributed by atoms with Gasteiger partial charge in [0.05, 0.1) is 16.8 Å². The van der Waals surface area contributed by atoms with Crippen molar-refractivity contribution in [2.24, 2.45) is 0 Å². The molecule has 4 nitrogen and oxygen atoms in total. The lowest BCUT2D eigenvalue weighted by Gasteiger charge is -2.06. The lowest BCUT2D eigenvalue weighted by atomic mass is 10.1. The zero-order chi connectivity index (χ0) is 13.1. The van der Waals surface area contributed by atoms with E-state index in [-0.39, 0.29) is 11.3 Å². The predicted molar refractivity (Wildman–Crippen MR) is 67.8 cm³/mol. The van der Waals surface area contributed by atoms with Gasteiger partial charge >= 0.3 is 0 Å². The number of benzene rings is 1. The molecule has 0 saturated carbocycles. The molecule has 1 amide bonds. The van der Waals surface area contributed by atoms with Crippen molar-refractivity contribution in [2.45, 2.75) is 0 Å². The van der Waals surface area contributed by atoms with Crippen molar-refractivity contribution < 1.29 is 9.18 Å². The van der Waals surface area contributed by atoms with Crippen LogP contribution in [0.4, 0.5) is 15.1 Å². The summed E-state index contributed by atoms with van der Waals surface area (Å²) in [6, 6.07) is 7.55. The van der Waals surface area contributed by atoms with Crippen LogP contribution in [0, 0.1) is 17.1 Å². The van der Waals surface area contributed by atoms with Gasteiger partial charge in [0.1, 0.15) is 16.9 Å². The van der Waals surface area contributed by atoms with Crippen molar-refractivity contribution in [3.63, 3.8) is 0 Å². The molecule has 0 bridgehead atoms. The van der Waals surface area contributed by atoms with E-state index in [4.69, 9.17) is 11.0 Å². The Hall–Kier alpha value is -2.39. The molecule has 0 aliphatic carbocycles. The van der Waals surface area contributed by atoms with Crippen LogP contribution in [0.15, 0.2) is 29.6 Å². The Labute approximate surface area is 106 Å². The lowest BCUT2D eigenvalue weighted by Crippen LogP contribution is -2.14. The van der Waals surface area contributed by atoms with E-state index >= 15 is 0 Å². The number of carbonyl (C=O) groups excluding carboxylic acids is 1. The number of hydrogen-bond acceptors (Lipinski definition) is 4. The lowest BCUT2D eigenvalue weighted by molar-refractivity contribution is 0.102. The monoisotopic (exact) mass is 261 g/mol. The van der Waals surface area contributed by atoms with Gasteiger partial charge in [0.25, 0.3) is 5.91 Å². The van der Waals surface area contributed by atoms with E-state index in [0.29, 0.717) is 10.6 Å². The minimum absolute atomic E-state index is 0.0484. The topological polar surface area (TPSA) is 78.9 Å². The highest BCUT2D eigenvalue weighted by molar-refractivity contribution is 7.14. The van der Waals surface area contributed by atoms with Crippen LogP contribution in [0.2, 0.25) is 0 Å². The number of nitriles is 1. The first-order valence-corrected chi connectivity index (χ1v) is 5.84. The van der Waals surface area contributed by atoms with Crippen LogP contribution in [-0.2, 0) is 0 Å². The van der Waals surface area contributed by atoms with E-state index in [0.717, 1.165) is 0 Å². The maximum absolute atomic E-state index is 13.2. The summed E-state index contributed by atoms with van der Waals surface area (Å²) in [6.45, 7) is 0. The fourth-order valence-electron chi connectivity index (χ4n) is 1.40. The van der Waals surface area contributed by atoms with E-state index in [2.05, 4.69) is 5.32 Å². The molecule has 0 atom stereocenters. The van der Waals surface area contributed by atoms with E-state index in [9.17, 15) is 9.18 Å². The Morgan fingerprint density at radius 1 is 1.44 bits per heavy atom. The summed E-state index contributed by atoms with van der Waals surface area (Å²) in [5.41, 5.74) is 5.69. The summed E-state index contributed by atoms with van der Waals surface area (Å²) in [7, 11) is 0. The zero-order valence-electron chi connectivity index (χ0n) is 9.11. The van der Waals surface area contributed by atoms with Crippen LogP contribution in [0.3, 0.4) is 0 Å². The first kappa shape index (κ1) is 12.1. The third kappa shape index (κ3) is 2.17. The summed E-state index contributed by atoms with van der Waals surface area (Å²) >= 11 is 1.22. The predicted octanol–water partition coefficient (Wildman–Crippen LogP) is 2.59. The van der Waals surface area contributed by atoms with Crippen LogP contribution < -0.4 is 11.1 Å². The first-order chi connectivity index (χ1) is 8.63. The highest BCUT2D eigenvalue weighted by Gasteiger charge is 2.14. The molecule has 2 rings (SSSR count). The summed E-state index contributed by atoms with van der Waals surface area (Å²) < 4.78 is 13.2. The van der Waals surface area contributed by atoms with Gasteiger partial charge in [-0.2, -0.15) is 5.26 Å². The number of rotatable bonds is 2. The van der Waals surface area contributed by atoms with E-state index in [1.807, 2.05) is 6.07 Å². The van der Waals surface area contributed by atoms with Crippen LogP contribution in [0.1, 0.15) is 15.9 Å². The SMILES string of the molecule is N#Cc1ccsc1NC(=O)c1cccc(F)c1N. The number of hydrogen-bond donors (Lipinski definition) is 2. The second-order valence-electron chi connectivity index (χ2n) is 3.43. The fraction of sp³-hybridized carbons (Fsp3) is 0. The standard InChI is InChI=1S/C12H8FN3OS/c13-9-3-1-2-8(10(9)15)11(17)16-12-7(6-14)4-5-18-12/h1-5H,15H2,(H,16,17). The van der Waals surface area contributed by atoms with Crippen molar-refractivity contribution in [1.29, 1.82) is 5.26 Å². The molecule has 0 radical (unpaired) electrons. The Morgan fingerprint density at radius 2 is 2.22 bits per heavy atom. The highest BCUT2D eigenvalue weighted by Crippen LogP contribution is 2.24. The van der Waals surface area contributed by atoms with Gasteiger partial charge in [0, 0.05) is 0 Å². The summed E-state index contributed by atoms with van der Waals surface area (Å²) in [4.78, 5) is 11.9. The second kappa shape index (κ2) is 4.85. The number of halogens is 1. The molecule has 90 valence electrons. The maximum atomic E-state index is 13.2. The number of nitrogens with one attached hydrogen (secondary N) is 1. The van der Waals surface area contributed by atoms with Gasteiger partial charge in [0.2, 0.25) is 0 Å². The molecule has 1 aromatic carbocycles. The number of carbonyl (C=O) groups is 1. The molecule has 0 unspecified atom stereocenters. The minimum Gasteiger partial charge on any atom is -0.396 e. The molecule has 1 aromatic heterocycles. The van der Waals surface area contributed by atoms with Gasteiger partial charge in [-0.15, -0.1) is 11.3 Å². The number of nitrogen functional groups attached to an aromatic ring is 1. The average molecular weight is 261 g/mol. The van der Waals surface area contributed by atoms with Crippen molar-refractivity contribution in [3.8, 4) is 6.07 Å². The molecule has 1 heterocycles. The average Bonchev–Trinajstić information content (AvgIpc) is 2.79. The molecule has 0 aliphatic heterocycles. The van der Waals surface area contributed by atoms with Crippen molar-refractivity contribution >= 4 is 27.9 Å². The van der Waals surface area contributed by atoms with Crippen molar-refractivity contribution in [3.05, 3.63) is 46.6 Å². The van der Waals surface area contributed by atoms with Crippen molar-refractivity contribution in [2.75, 3.05) is 11.1 Å². The Bertz CT molecular complexity index is 645. The zero-order valence-corrected chi connectivity index (χ0v) is 9.92. The molecule has 0 aliphatic rings. The highest BCUT2D eigenvalue weighted by atomic mass is 32.1. The number of anilines is 2. The van der Waals surface area contributed by atoms with E-state index in [1.54, 1.807) is 11.4 Å². The van der Waals surface area contributed by atoms with Crippen LogP contribution in [0.5, 0.6) is 0 Å². The van der Waals surface area contributed by atoms with Crippen LogP contribution >= 0.6 is 11.3 Å². The number of nitrogens with two attached hydrogens (primary N) is 1. The number of amides is 1. The first-order valence-electron chi connectivity index (χ1n) is 4.96. The molecular weight excluding hydrogens is 253 g/mol. The third-order valence-corrected chi connectivity index (χ3v) is 3.14. The van der Waals surface area contributed by atoms with Gasteiger partial charge in [-0.3, -0.25) is 4.79 Å². The van der Waals surface area contributed by atoms with Crippen LogP contribution in [-0.4, -0.2) is 5.91 Å². The molecule has 0 saturated heterocycles. The molecule has 2 aromatic rings. The number of thiophene rings is 1. The second-order valence-corrected chi connectivity index (χ2v) is 4.35. The van der Waals surface area contributed by atoms with Gasteiger partial charge in [-0.25, -0.2) is 4.39 Å². The largest absolute Gasteiger partial charge is 0.396 e. The molecule has 0 spiro atoms. The molecular formula is C12H8FN3OS. The van der Waals surface area contributed by atoms with Crippen LogP contribution in [0.25, 0.3) is 0 Å². The Balaban J connectivity index is 2.29. The smallest absolute Gasteiger partial charge is 0.258 e. The molecule has 18 heavy (non-hydrogen) atoms. The third-order valence-electron chi connectivity index (χ3n) is 2.31. The Kier molecular flexibility index (Phi) is 3.26. The normalized spacial score (nSPS) is 9.78. The summed E-state index contributed by atoms with van der Waals surface area (Å²) in [5, 5.41) is 13.5. The Morgan fingerprint density at radius 3 is 2.94 bits per heavy atom. The molecule has 6 heteroatoms. The van der Waals surface area contributed by atoms with Gasteiger partial charge in [-0.1, -0.05) is 6.07 Å². The number of para-hydroxylation sites is 1. The van der Waals surface area contributed by atoms with Gasteiger partial charge in [-0.05, 0) is 23.6 Å². The molecule has 3 N–H and O–H groups in total. The van der Waals surface area contributed by atoms with E-state index in [1.165, 1.54) is 29.5 Å². The van der Waals surface area contributed by atoms with E-state index < -0.39 is 11.7 Å². The van der Waals surface area contributed by atoms with Gasteiger partial charge in [0.15, 0.2) is 0 Å². The summed E-state index contributed by atoms with van der Waals surface area (Å²) in [5.74, 6) is -1.18. The minimum atomic E-state index is -0.644.